The molecule has 1 fully saturated rings. The number of sulfonamides is 1. The van der Waals surface area contributed by atoms with Gasteiger partial charge in [-0.2, -0.15) is 4.31 Å². The Balaban J connectivity index is 2.37. The number of halogens is 2. The highest BCUT2D eigenvalue weighted by Crippen LogP contribution is 2.37. The first kappa shape index (κ1) is 15.1. The quantitative estimate of drug-likeness (QED) is 0.778. The number of benzene rings is 1. The van der Waals surface area contributed by atoms with Gasteiger partial charge in [0.1, 0.15) is 4.90 Å². The zero-order chi connectivity index (χ0) is 14.2. The van der Waals surface area contributed by atoms with Crippen molar-refractivity contribution in [3.05, 3.63) is 28.8 Å². The van der Waals surface area contributed by atoms with E-state index in [4.69, 9.17) is 23.2 Å². The summed E-state index contributed by atoms with van der Waals surface area (Å²) in [6.45, 7) is 1.94. The Hall–Kier alpha value is -0.290. The first-order valence-corrected chi connectivity index (χ1v) is 8.55. The molecular formula is C13H17Cl2NO2S. The number of alkyl halides is 1. The SMILES string of the molecule is CC(C1CC1)N(C)S(=O)(=O)c1cc(CCl)ccc1Cl. The predicted octanol–water partition coefficient (Wildman–Crippen LogP) is 3.50. The first-order chi connectivity index (χ1) is 8.87. The third-order valence-corrected chi connectivity index (χ3v) is 6.42. The molecule has 1 atom stereocenters. The fraction of sp³-hybridized carbons (Fsp3) is 0.538. The maximum atomic E-state index is 12.6. The van der Waals surface area contributed by atoms with Crippen molar-refractivity contribution in [1.29, 1.82) is 0 Å². The molecule has 1 saturated carbocycles. The van der Waals surface area contributed by atoms with Crippen LogP contribution in [-0.4, -0.2) is 25.8 Å². The van der Waals surface area contributed by atoms with E-state index in [9.17, 15) is 8.42 Å². The van der Waals surface area contributed by atoms with Crippen molar-refractivity contribution in [2.24, 2.45) is 5.92 Å². The highest BCUT2D eigenvalue weighted by atomic mass is 35.5. The fourth-order valence-electron chi connectivity index (χ4n) is 2.08. The predicted molar refractivity (Wildman–Crippen MR) is 78.1 cm³/mol. The zero-order valence-corrected chi connectivity index (χ0v) is 13.3. The zero-order valence-electron chi connectivity index (χ0n) is 10.9. The summed E-state index contributed by atoms with van der Waals surface area (Å²) in [7, 11) is -1.95. The summed E-state index contributed by atoms with van der Waals surface area (Å²) in [6, 6.07) is 4.88. The molecule has 2 rings (SSSR count). The van der Waals surface area contributed by atoms with Gasteiger partial charge in [-0.1, -0.05) is 17.7 Å². The minimum absolute atomic E-state index is 0.000671. The molecule has 106 valence electrons. The lowest BCUT2D eigenvalue weighted by molar-refractivity contribution is 0.357. The van der Waals surface area contributed by atoms with Gasteiger partial charge >= 0.3 is 0 Å². The molecule has 0 spiro atoms. The summed E-state index contributed by atoms with van der Waals surface area (Å²) in [4.78, 5) is 0.141. The highest BCUT2D eigenvalue weighted by molar-refractivity contribution is 7.89. The van der Waals surface area contributed by atoms with Crippen LogP contribution in [0.1, 0.15) is 25.3 Å². The first-order valence-electron chi connectivity index (χ1n) is 6.20. The second-order valence-corrected chi connectivity index (χ2v) is 7.64. The van der Waals surface area contributed by atoms with E-state index in [1.165, 1.54) is 4.31 Å². The average molecular weight is 322 g/mol. The van der Waals surface area contributed by atoms with Crippen molar-refractivity contribution >= 4 is 33.2 Å². The van der Waals surface area contributed by atoms with Gasteiger partial charge in [-0.25, -0.2) is 8.42 Å². The second-order valence-electron chi connectivity index (χ2n) is 5.00. The second kappa shape index (κ2) is 5.60. The maximum absolute atomic E-state index is 12.6. The Morgan fingerprint density at radius 2 is 2.05 bits per heavy atom. The van der Waals surface area contributed by atoms with Crippen LogP contribution in [-0.2, 0) is 15.9 Å². The van der Waals surface area contributed by atoms with Gasteiger partial charge in [0, 0.05) is 19.0 Å². The van der Waals surface area contributed by atoms with Gasteiger partial charge in [0.2, 0.25) is 10.0 Å². The minimum atomic E-state index is -3.56. The lowest BCUT2D eigenvalue weighted by atomic mass is 10.2. The molecule has 0 saturated heterocycles. The monoisotopic (exact) mass is 321 g/mol. The van der Waals surface area contributed by atoms with Gasteiger partial charge in [-0.15, -0.1) is 11.6 Å². The van der Waals surface area contributed by atoms with Crippen LogP contribution in [0.2, 0.25) is 5.02 Å². The van der Waals surface area contributed by atoms with Crippen LogP contribution >= 0.6 is 23.2 Å². The van der Waals surface area contributed by atoms with E-state index in [0.29, 0.717) is 5.92 Å². The minimum Gasteiger partial charge on any atom is -0.207 e. The molecule has 0 amide bonds. The van der Waals surface area contributed by atoms with Gasteiger partial charge in [-0.3, -0.25) is 0 Å². The molecule has 0 N–H and O–H groups in total. The van der Waals surface area contributed by atoms with Crippen molar-refractivity contribution in [3.8, 4) is 0 Å². The summed E-state index contributed by atoms with van der Waals surface area (Å²) >= 11 is 11.8. The van der Waals surface area contributed by atoms with E-state index in [1.807, 2.05) is 6.92 Å². The van der Waals surface area contributed by atoms with Crippen molar-refractivity contribution in [2.45, 2.75) is 36.6 Å². The normalized spacial score (nSPS) is 17.7. The summed E-state index contributed by atoms with van der Waals surface area (Å²) in [5, 5.41) is 0.240. The molecule has 0 radical (unpaired) electrons. The Kier molecular flexibility index (Phi) is 4.45. The van der Waals surface area contributed by atoms with Gasteiger partial charge in [0.15, 0.2) is 0 Å². The molecule has 6 heteroatoms. The molecule has 1 aromatic rings. The molecule has 0 aromatic heterocycles. The number of hydrogen-bond acceptors (Lipinski definition) is 2. The Morgan fingerprint density at radius 1 is 1.42 bits per heavy atom. The highest BCUT2D eigenvalue weighted by Gasteiger charge is 2.36. The van der Waals surface area contributed by atoms with Crippen LogP contribution < -0.4 is 0 Å². The number of rotatable bonds is 5. The fourth-order valence-corrected chi connectivity index (χ4v) is 4.19. The van der Waals surface area contributed by atoms with E-state index in [-0.39, 0.29) is 21.8 Å². The van der Waals surface area contributed by atoms with Crippen LogP contribution in [0, 0.1) is 5.92 Å². The van der Waals surface area contributed by atoms with Crippen LogP contribution in [0.3, 0.4) is 0 Å². The molecule has 19 heavy (non-hydrogen) atoms. The lowest BCUT2D eigenvalue weighted by Gasteiger charge is -2.24. The van der Waals surface area contributed by atoms with E-state index in [0.717, 1.165) is 18.4 Å². The molecular weight excluding hydrogens is 305 g/mol. The Bertz CT molecular complexity index is 570. The standard InChI is InChI=1S/C13H17Cl2NO2S/c1-9(11-4-5-11)16(2)19(17,18)13-7-10(8-14)3-6-12(13)15/h3,6-7,9,11H,4-5,8H2,1-2H3. The Labute approximate surface area is 124 Å². The summed E-state index contributed by atoms with van der Waals surface area (Å²) < 4.78 is 26.6. The molecule has 3 nitrogen and oxygen atoms in total. The molecule has 0 aliphatic heterocycles. The van der Waals surface area contributed by atoms with Crippen molar-refractivity contribution in [2.75, 3.05) is 7.05 Å². The van der Waals surface area contributed by atoms with Gasteiger partial charge in [0.05, 0.1) is 5.02 Å². The molecule has 1 aromatic carbocycles. The summed E-state index contributed by atoms with van der Waals surface area (Å²) in [5.74, 6) is 0.733. The third kappa shape index (κ3) is 3.07. The van der Waals surface area contributed by atoms with Crippen LogP contribution in [0.4, 0.5) is 0 Å². The van der Waals surface area contributed by atoms with Gasteiger partial charge in [-0.05, 0) is 43.4 Å². The molecule has 1 unspecified atom stereocenters. The van der Waals surface area contributed by atoms with Gasteiger partial charge in [0.25, 0.3) is 0 Å². The maximum Gasteiger partial charge on any atom is 0.244 e. The van der Waals surface area contributed by atoms with E-state index in [2.05, 4.69) is 0 Å². The smallest absolute Gasteiger partial charge is 0.207 e. The molecule has 1 aliphatic carbocycles. The van der Waals surface area contributed by atoms with Crippen molar-refractivity contribution < 1.29 is 8.42 Å². The van der Waals surface area contributed by atoms with Crippen molar-refractivity contribution in [1.82, 2.24) is 4.31 Å². The topological polar surface area (TPSA) is 37.4 Å². The summed E-state index contributed by atoms with van der Waals surface area (Å²) in [5.41, 5.74) is 0.747. The Morgan fingerprint density at radius 3 is 2.58 bits per heavy atom. The van der Waals surface area contributed by atoms with E-state index < -0.39 is 10.0 Å². The summed E-state index contributed by atoms with van der Waals surface area (Å²) in [6.07, 6.45) is 2.19. The molecule has 0 bridgehead atoms. The molecule has 0 heterocycles. The van der Waals surface area contributed by atoms with Crippen LogP contribution in [0.5, 0.6) is 0 Å². The molecule has 1 aliphatic rings. The van der Waals surface area contributed by atoms with Crippen molar-refractivity contribution in [3.63, 3.8) is 0 Å². The number of nitrogens with zero attached hydrogens (tertiary/aromatic N) is 1. The number of hydrogen-bond donors (Lipinski definition) is 0. The van der Waals surface area contributed by atoms with Crippen LogP contribution in [0.15, 0.2) is 23.1 Å². The largest absolute Gasteiger partial charge is 0.244 e. The van der Waals surface area contributed by atoms with Gasteiger partial charge < -0.3 is 0 Å². The van der Waals surface area contributed by atoms with E-state index in [1.54, 1.807) is 25.2 Å². The average Bonchev–Trinajstić information content (AvgIpc) is 3.21. The van der Waals surface area contributed by atoms with Crippen LogP contribution in [0.25, 0.3) is 0 Å². The lowest BCUT2D eigenvalue weighted by Crippen LogP contribution is -2.36. The van der Waals surface area contributed by atoms with E-state index >= 15 is 0 Å². The third-order valence-electron chi connectivity index (χ3n) is 3.68.